The number of hydrogen-bond acceptors (Lipinski definition) is 4. The standard InChI is InChI=1S/C26H23ClN4O3/c1-17-7-9-19(27)16-23(17)29-11-13-30(14-12-29)24(32)18-8-10-21-22(15-18)28-26(34)31(25(21)33)20-5-3-2-4-6-20/h2-10,15-16H,11-14H2,1H3,(H,28,34). The van der Waals surface area contributed by atoms with E-state index < -0.39 is 11.2 Å². The van der Waals surface area contributed by atoms with Crippen LogP contribution in [-0.2, 0) is 0 Å². The molecule has 1 N–H and O–H groups in total. The molecule has 1 aliphatic heterocycles. The lowest BCUT2D eigenvalue weighted by Crippen LogP contribution is -2.49. The Balaban J connectivity index is 1.39. The van der Waals surface area contributed by atoms with Gasteiger partial charge >= 0.3 is 5.69 Å². The van der Waals surface area contributed by atoms with E-state index in [-0.39, 0.29) is 5.91 Å². The third-order valence-electron chi connectivity index (χ3n) is 6.24. The minimum absolute atomic E-state index is 0.127. The molecule has 34 heavy (non-hydrogen) atoms. The van der Waals surface area contributed by atoms with E-state index in [0.717, 1.165) is 15.8 Å². The number of carbonyl (C=O) groups excluding carboxylic acids is 1. The average molecular weight is 475 g/mol. The first-order valence-electron chi connectivity index (χ1n) is 11.1. The Morgan fingerprint density at radius 3 is 2.38 bits per heavy atom. The van der Waals surface area contributed by atoms with E-state index in [1.54, 1.807) is 47.4 Å². The number of nitrogens with one attached hydrogen (secondary N) is 1. The van der Waals surface area contributed by atoms with Gasteiger partial charge in [-0.05, 0) is 55.0 Å². The van der Waals surface area contributed by atoms with Crippen LogP contribution in [0.25, 0.3) is 16.6 Å². The van der Waals surface area contributed by atoms with Gasteiger partial charge in [0.05, 0.1) is 16.6 Å². The lowest BCUT2D eigenvalue weighted by atomic mass is 10.1. The van der Waals surface area contributed by atoms with Gasteiger partial charge in [0.15, 0.2) is 0 Å². The molecule has 0 aliphatic carbocycles. The highest BCUT2D eigenvalue weighted by Crippen LogP contribution is 2.25. The Labute approximate surface area is 200 Å². The number of aromatic amines is 1. The molecule has 172 valence electrons. The van der Waals surface area contributed by atoms with E-state index in [1.807, 2.05) is 31.2 Å². The van der Waals surface area contributed by atoms with E-state index in [1.165, 1.54) is 0 Å². The molecule has 0 unspecified atom stereocenters. The van der Waals surface area contributed by atoms with Gasteiger partial charge in [-0.1, -0.05) is 35.9 Å². The van der Waals surface area contributed by atoms with Crippen molar-refractivity contribution in [1.82, 2.24) is 14.5 Å². The Kier molecular flexibility index (Phi) is 5.71. The first-order chi connectivity index (χ1) is 16.4. The van der Waals surface area contributed by atoms with Gasteiger partial charge < -0.3 is 14.8 Å². The summed E-state index contributed by atoms with van der Waals surface area (Å²) in [7, 11) is 0. The number of carbonyl (C=O) groups is 1. The number of fused-ring (bicyclic) bond motifs is 1. The van der Waals surface area contributed by atoms with Crippen molar-refractivity contribution in [1.29, 1.82) is 0 Å². The normalized spacial score (nSPS) is 13.9. The predicted molar refractivity (Wildman–Crippen MR) is 134 cm³/mol. The van der Waals surface area contributed by atoms with Gasteiger partial charge in [0.1, 0.15) is 0 Å². The molecule has 0 radical (unpaired) electrons. The van der Waals surface area contributed by atoms with E-state index >= 15 is 0 Å². The molecule has 0 spiro atoms. The molecule has 1 aliphatic rings. The Bertz CT molecular complexity index is 1500. The zero-order valence-corrected chi connectivity index (χ0v) is 19.4. The quantitative estimate of drug-likeness (QED) is 0.492. The summed E-state index contributed by atoms with van der Waals surface area (Å²) in [5.74, 6) is -0.127. The highest BCUT2D eigenvalue weighted by atomic mass is 35.5. The van der Waals surface area contributed by atoms with Crippen molar-refractivity contribution in [3.8, 4) is 5.69 Å². The number of rotatable bonds is 3. The highest BCUT2D eigenvalue weighted by molar-refractivity contribution is 6.30. The molecule has 0 atom stereocenters. The van der Waals surface area contributed by atoms with E-state index in [2.05, 4.69) is 9.88 Å². The van der Waals surface area contributed by atoms with Crippen LogP contribution in [0, 0.1) is 6.92 Å². The second-order valence-electron chi connectivity index (χ2n) is 8.38. The summed E-state index contributed by atoms with van der Waals surface area (Å²) in [6.45, 7) is 4.56. The van der Waals surface area contributed by atoms with Crippen LogP contribution in [0.4, 0.5) is 5.69 Å². The van der Waals surface area contributed by atoms with Gasteiger partial charge in [-0.3, -0.25) is 9.59 Å². The molecular formula is C26H23ClN4O3. The lowest BCUT2D eigenvalue weighted by molar-refractivity contribution is 0.0747. The SMILES string of the molecule is Cc1ccc(Cl)cc1N1CCN(C(=O)c2ccc3c(=O)n(-c4ccccc4)c(=O)[nH]c3c2)CC1. The summed E-state index contributed by atoms with van der Waals surface area (Å²) in [6.07, 6.45) is 0. The van der Waals surface area contributed by atoms with Gasteiger partial charge in [0.25, 0.3) is 11.5 Å². The third-order valence-corrected chi connectivity index (χ3v) is 6.47. The van der Waals surface area contributed by atoms with Crippen LogP contribution >= 0.6 is 11.6 Å². The predicted octanol–water partition coefficient (Wildman–Crippen LogP) is 3.60. The van der Waals surface area contributed by atoms with Crippen molar-refractivity contribution in [2.24, 2.45) is 0 Å². The molecule has 1 saturated heterocycles. The van der Waals surface area contributed by atoms with Crippen LogP contribution in [0.1, 0.15) is 15.9 Å². The van der Waals surface area contributed by atoms with Crippen LogP contribution in [0.3, 0.4) is 0 Å². The summed E-state index contributed by atoms with van der Waals surface area (Å²) in [6, 6.07) is 19.4. The minimum Gasteiger partial charge on any atom is -0.368 e. The molecule has 0 bridgehead atoms. The third kappa shape index (κ3) is 3.99. The van der Waals surface area contributed by atoms with Crippen molar-refractivity contribution in [3.63, 3.8) is 0 Å². The topological polar surface area (TPSA) is 78.4 Å². The van der Waals surface area contributed by atoms with Gasteiger partial charge in [0.2, 0.25) is 0 Å². The molecule has 1 fully saturated rings. The lowest BCUT2D eigenvalue weighted by Gasteiger charge is -2.37. The van der Waals surface area contributed by atoms with Crippen LogP contribution in [0.5, 0.6) is 0 Å². The molecule has 1 amide bonds. The molecule has 7 nitrogen and oxygen atoms in total. The van der Waals surface area contributed by atoms with Gasteiger partial charge in [-0.2, -0.15) is 0 Å². The average Bonchev–Trinajstić information content (AvgIpc) is 2.85. The number of H-pyrrole nitrogens is 1. The zero-order valence-electron chi connectivity index (χ0n) is 18.6. The monoisotopic (exact) mass is 474 g/mol. The maximum Gasteiger partial charge on any atom is 0.333 e. The second-order valence-corrected chi connectivity index (χ2v) is 8.81. The Morgan fingerprint density at radius 1 is 0.912 bits per heavy atom. The molecule has 3 aromatic carbocycles. The zero-order chi connectivity index (χ0) is 23.8. The molecule has 8 heteroatoms. The summed E-state index contributed by atoms with van der Waals surface area (Å²) in [4.78, 5) is 45.6. The fraction of sp³-hybridized carbons (Fsp3) is 0.192. The van der Waals surface area contributed by atoms with Crippen molar-refractivity contribution in [2.75, 3.05) is 31.1 Å². The number of anilines is 1. The Hall–Kier alpha value is -3.84. The van der Waals surface area contributed by atoms with Crippen LogP contribution in [0.2, 0.25) is 5.02 Å². The van der Waals surface area contributed by atoms with E-state index in [0.29, 0.717) is 53.4 Å². The van der Waals surface area contributed by atoms with Crippen LogP contribution in [0.15, 0.2) is 76.3 Å². The number of piperazine rings is 1. The number of aryl methyl sites for hydroxylation is 1. The first-order valence-corrected chi connectivity index (χ1v) is 11.4. The van der Waals surface area contributed by atoms with Gasteiger partial charge in [0, 0.05) is 42.5 Å². The largest absolute Gasteiger partial charge is 0.368 e. The fourth-order valence-electron chi connectivity index (χ4n) is 4.42. The number of amides is 1. The van der Waals surface area contributed by atoms with Crippen molar-refractivity contribution < 1.29 is 4.79 Å². The highest BCUT2D eigenvalue weighted by Gasteiger charge is 2.24. The number of nitrogens with zero attached hydrogens (tertiary/aromatic N) is 3. The maximum atomic E-state index is 13.2. The molecule has 5 rings (SSSR count). The van der Waals surface area contributed by atoms with Crippen LogP contribution in [-0.4, -0.2) is 46.5 Å². The number of aromatic nitrogens is 2. The number of halogens is 1. The summed E-state index contributed by atoms with van der Waals surface area (Å²) in [5, 5.41) is 1.04. The molecule has 4 aromatic rings. The Morgan fingerprint density at radius 2 is 1.65 bits per heavy atom. The van der Waals surface area contributed by atoms with Gasteiger partial charge in [-0.15, -0.1) is 0 Å². The number of benzene rings is 3. The van der Waals surface area contributed by atoms with E-state index in [4.69, 9.17) is 11.6 Å². The minimum atomic E-state index is -0.543. The summed E-state index contributed by atoms with van der Waals surface area (Å²) >= 11 is 6.17. The number of para-hydroxylation sites is 1. The summed E-state index contributed by atoms with van der Waals surface area (Å²) in [5.41, 5.74) is 2.53. The fourth-order valence-corrected chi connectivity index (χ4v) is 4.59. The number of hydrogen-bond donors (Lipinski definition) is 1. The van der Waals surface area contributed by atoms with Crippen molar-refractivity contribution in [2.45, 2.75) is 6.92 Å². The van der Waals surface area contributed by atoms with Crippen LogP contribution < -0.4 is 16.1 Å². The summed E-state index contributed by atoms with van der Waals surface area (Å²) < 4.78 is 1.10. The molecule has 1 aromatic heterocycles. The first kappa shape index (κ1) is 22.0. The van der Waals surface area contributed by atoms with Crippen molar-refractivity contribution in [3.05, 3.63) is 104 Å². The second kappa shape index (κ2) is 8.83. The van der Waals surface area contributed by atoms with Gasteiger partial charge in [-0.25, -0.2) is 9.36 Å². The smallest absolute Gasteiger partial charge is 0.333 e. The van der Waals surface area contributed by atoms with E-state index in [9.17, 15) is 14.4 Å². The maximum absolute atomic E-state index is 13.2. The molecule has 0 saturated carbocycles. The van der Waals surface area contributed by atoms with Crippen molar-refractivity contribution >= 4 is 34.1 Å². The molecule has 2 heterocycles. The molecular weight excluding hydrogens is 452 g/mol.